The fourth-order valence-corrected chi connectivity index (χ4v) is 1.62. The van der Waals surface area contributed by atoms with E-state index in [1.165, 1.54) is 0 Å². The fourth-order valence-electron chi connectivity index (χ4n) is 1.62. The van der Waals surface area contributed by atoms with E-state index in [1.807, 2.05) is 34.6 Å². The number of carbonyl (C=O) groups excluding carboxylic acids is 2. The van der Waals surface area contributed by atoms with Gasteiger partial charge in [0.2, 0.25) is 0 Å². The summed E-state index contributed by atoms with van der Waals surface area (Å²) in [4.78, 5) is 23.4. The molecule has 0 aliphatic heterocycles. The van der Waals surface area contributed by atoms with Crippen LogP contribution in [0.5, 0.6) is 0 Å². The van der Waals surface area contributed by atoms with E-state index >= 15 is 0 Å². The molecule has 0 fully saturated rings. The van der Waals surface area contributed by atoms with Crippen molar-refractivity contribution in [3.8, 4) is 0 Å². The third kappa shape index (κ3) is 5.75. The van der Waals surface area contributed by atoms with Gasteiger partial charge in [-0.1, -0.05) is 39.8 Å². The van der Waals surface area contributed by atoms with Crippen LogP contribution in [0.15, 0.2) is 6.20 Å². The Morgan fingerprint density at radius 2 is 1.95 bits per heavy atom. The van der Waals surface area contributed by atoms with E-state index in [2.05, 4.69) is 10.3 Å². The van der Waals surface area contributed by atoms with Crippen molar-refractivity contribution in [1.29, 1.82) is 0 Å². The molecule has 0 saturated heterocycles. The second-order valence-electron chi connectivity index (χ2n) is 6.43. The van der Waals surface area contributed by atoms with Gasteiger partial charge in [-0.25, -0.2) is 4.68 Å². The van der Waals surface area contributed by atoms with Gasteiger partial charge in [0.1, 0.15) is 11.5 Å². The Morgan fingerprint density at radius 3 is 2.52 bits per heavy atom. The minimum absolute atomic E-state index is 0.0304. The molecular formula is C15H25N3O3. The van der Waals surface area contributed by atoms with Crippen molar-refractivity contribution in [2.75, 3.05) is 13.2 Å². The molecular weight excluding hydrogens is 270 g/mol. The molecule has 0 aromatic carbocycles. The minimum atomic E-state index is -0.464. The second-order valence-corrected chi connectivity index (χ2v) is 6.43. The van der Waals surface area contributed by atoms with Crippen LogP contribution < -0.4 is 0 Å². The molecule has 0 amide bonds. The number of carbonyl (C=O) groups is 2. The summed E-state index contributed by atoms with van der Waals surface area (Å²) in [5, 5.41) is 7.80. The van der Waals surface area contributed by atoms with Gasteiger partial charge >= 0.3 is 0 Å². The summed E-state index contributed by atoms with van der Waals surface area (Å²) in [6.45, 7) is 10.7. The molecule has 1 heterocycles. The quantitative estimate of drug-likeness (QED) is 0.542. The van der Waals surface area contributed by atoms with Crippen molar-refractivity contribution in [1.82, 2.24) is 15.0 Å². The van der Waals surface area contributed by atoms with Crippen LogP contribution in [0.2, 0.25) is 0 Å². The Bertz CT molecular complexity index is 487. The van der Waals surface area contributed by atoms with Gasteiger partial charge < -0.3 is 4.74 Å². The fraction of sp³-hybridized carbons (Fsp3) is 0.733. The topological polar surface area (TPSA) is 74.1 Å². The normalized spacial score (nSPS) is 11.9. The van der Waals surface area contributed by atoms with E-state index in [9.17, 15) is 9.59 Å². The molecule has 21 heavy (non-hydrogen) atoms. The summed E-state index contributed by atoms with van der Waals surface area (Å²) in [5.41, 5.74) is -0.0910. The van der Waals surface area contributed by atoms with E-state index in [1.54, 1.807) is 10.9 Å². The van der Waals surface area contributed by atoms with Crippen LogP contribution in [0.4, 0.5) is 0 Å². The van der Waals surface area contributed by atoms with Gasteiger partial charge in [-0.2, -0.15) is 0 Å². The molecule has 0 saturated carbocycles. The number of hydrogen-bond acceptors (Lipinski definition) is 5. The lowest BCUT2D eigenvalue weighted by atomic mass is 9.89. The lowest BCUT2D eigenvalue weighted by Gasteiger charge is -2.13. The maximum Gasteiger partial charge on any atom is 0.190 e. The Hall–Kier alpha value is -1.56. The van der Waals surface area contributed by atoms with Crippen LogP contribution in [0.25, 0.3) is 0 Å². The van der Waals surface area contributed by atoms with Crippen molar-refractivity contribution in [2.24, 2.45) is 11.3 Å². The number of ether oxygens (including phenoxy) is 1. The zero-order valence-corrected chi connectivity index (χ0v) is 13.5. The van der Waals surface area contributed by atoms with Gasteiger partial charge in [0.05, 0.1) is 26.0 Å². The van der Waals surface area contributed by atoms with Gasteiger partial charge in [-0.05, 0) is 0 Å². The van der Waals surface area contributed by atoms with Crippen molar-refractivity contribution >= 4 is 11.6 Å². The van der Waals surface area contributed by atoms with Crippen LogP contribution >= 0.6 is 0 Å². The third-order valence-corrected chi connectivity index (χ3v) is 3.05. The van der Waals surface area contributed by atoms with Gasteiger partial charge in [0.25, 0.3) is 0 Å². The summed E-state index contributed by atoms with van der Waals surface area (Å²) >= 11 is 0. The highest BCUT2D eigenvalue weighted by Gasteiger charge is 2.25. The molecule has 0 aliphatic carbocycles. The van der Waals surface area contributed by atoms with Crippen LogP contribution in [0.1, 0.15) is 51.5 Å². The van der Waals surface area contributed by atoms with E-state index in [4.69, 9.17) is 4.74 Å². The third-order valence-electron chi connectivity index (χ3n) is 3.05. The maximum absolute atomic E-state index is 12.0. The lowest BCUT2D eigenvalue weighted by molar-refractivity contribution is -0.123. The molecule has 1 aromatic heterocycles. The zero-order chi connectivity index (χ0) is 16.0. The number of ketones is 2. The summed E-state index contributed by atoms with van der Waals surface area (Å²) in [7, 11) is 0. The molecule has 1 rings (SSSR count). The summed E-state index contributed by atoms with van der Waals surface area (Å²) < 4.78 is 6.99. The standard InChI is InChI=1S/C15H25N3O3/c1-11(2)13(19)6-8-21-9-7-18-10-12(16-17-18)14(20)15(3,4)5/h10-11H,6-9H2,1-5H3. The molecule has 6 heteroatoms. The Morgan fingerprint density at radius 1 is 1.29 bits per heavy atom. The number of aromatic nitrogens is 3. The van der Waals surface area contributed by atoms with E-state index in [0.717, 1.165) is 0 Å². The van der Waals surface area contributed by atoms with Gasteiger partial charge in [0, 0.05) is 17.8 Å². The van der Waals surface area contributed by atoms with Crippen LogP contribution in [-0.4, -0.2) is 39.8 Å². The molecule has 6 nitrogen and oxygen atoms in total. The van der Waals surface area contributed by atoms with Gasteiger partial charge in [0.15, 0.2) is 5.78 Å². The first kappa shape index (κ1) is 17.5. The highest BCUT2D eigenvalue weighted by Crippen LogP contribution is 2.18. The zero-order valence-electron chi connectivity index (χ0n) is 13.5. The largest absolute Gasteiger partial charge is 0.379 e. The van der Waals surface area contributed by atoms with Gasteiger partial charge in [-0.15, -0.1) is 5.10 Å². The maximum atomic E-state index is 12.0. The molecule has 0 bridgehead atoms. The number of rotatable bonds is 8. The lowest BCUT2D eigenvalue weighted by Crippen LogP contribution is -2.20. The van der Waals surface area contributed by atoms with Crippen molar-refractivity contribution in [3.63, 3.8) is 0 Å². The average molecular weight is 295 g/mol. The first-order valence-electron chi connectivity index (χ1n) is 7.27. The molecule has 0 atom stereocenters. The van der Waals surface area contributed by atoms with Crippen LogP contribution in [0.3, 0.4) is 0 Å². The molecule has 1 aromatic rings. The molecule has 0 radical (unpaired) electrons. The number of Topliss-reactive ketones (excluding diaryl/α,β-unsaturated/α-hetero) is 2. The average Bonchev–Trinajstić information content (AvgIpc) is 2.84. The molecule has 0 N–H and O–H groups in total. The summed E-state index contributed by atoms with van der Waals surface area (Å²) in [6, 6.07) is 0. The summed E-state index contributed by atoms with van der Waals surface area (Å²) in [5.74, 6) is 0.223. The Kier molecular flexibility index (Phi) is 6.20. The molecule has 0 unspecified atom stereocenters. The smallest absolute Gasteiger partial charge is 0.190 e. The Balaban J connectivity index is 2.33. The number of hydrogen-bond donors (Lipinski definition) is 0. The van der Waals surface area contributed by atoms with E-state index in [0.29, 0.717) is 31.9 Å². The van der Waals surface area contributed by atoms with Gasteiger partial charge in [-0.3, -0.25) is 9.59 Å². The van der Waals surface area contributed by atoms with E-state index < -0.39 is 5.41 Å². The van der Waals surface area contributed by atoms with E-state index in [-0.39, 0.29) is 17.5 Å². The summed E-state index contributed by atoms with van der Waals surface area (Å²) in [6.07, 6.45) is 2.07. The van der Waals surface area contributed by atoms with Crippen LogP contribution in [-0.2, 0) is 16.1 Å². The molecule has 118 valence electrons. The predicted molar refractivity (Wildman–Crippen MR) is 79.1 cm³/mol. The predicted octanol–water partition coefficient (Wildman–Crippen LogP) is 2.14. The highest BCUT2D eigenvalue weighted by molar-refractivity contribution is 5.97. The monoisotopic (exact) mass is 295 g/mol. The van der Waals surface area contributed by atoms with Crippen molar-refractivity contribution in [3.05, 3.63) is 11.9 Å². The SMILES string of the molecule is CC(C)C(=O)CCOCCn1cc(C(=O)C(C)(C)C)nn1. The molecule has 0 spiro atoms. The Labute approximate surface area is 125 Å². The van der Waals surface area contributed by atoms with Crippen LogP contribution in [0, 0.1) is 11.3 Å². The van der Waals surface area contributed by atoms with Crippen molar-refractivity contribution < 1.29 is 14.3 Å². The first-order chi connectivity index (χ1) is 9.71. The van der Waals surface area contributed by atoms with Crippen molar-refractivity contribution in [2.45, 2.75) is 47.6 Å². The second kappa shape index (κ2) is 7.45. The highest BCUT2D eigenvalue weighted by atomic mass is 16.5. The number of nitrogens with zero attached hydrogens (tertiary/aromatic N) is 3. The minimum Gasteiger partial charge on any atom is -0.379 e. The first-order valence-corrected chi connectivity index (χ1v) is 7.27. The molecule has 0 aliphatic rings.